The number of carbonyl (C=O) groups excluding carboxylic acids is 1. The number of nitrogens with zero attached hydrogens (tertiary/aromatic N) is 2. The number of H-pyrrole nitrogens is 1. The summed E-state index contributed by atoms with van der Waals surface area (Å²) >= 11 is 0. The van der Waals surface area contributed by atoms with E-state index in [0.717, 1.165) is 32.0 Å². The molecule has 0 unspecified atom stereocenters. The topological polar surface area (TPSA) is 82.3 Å². The number of morpholine rings is 1. The molecular formula is C18H25N5O2. The average molecular weight is 343 g/mol. The number of hydrogen-bond donors (Lipinski definition) is 3. The molecule has 1 aromatic carbocycles. The van der Waals surface area contributed by atoms with Gasteiger partial charge in [0.25, 0.3) is 0 Å². The summed E-state index contributed by atoms with van der Waals surface area (Å²) in [5.41, 5.74) is 3.31. The van der Waals surface area contributed by atoms with Crippen LogP contribution in [0.5, 0.6) is 0 Å². The molecule has 1 saturated heterocycles. The minimum atomic E-state index is -0.180. The van der Waals surface area contributed by atoms with E-state index in [4.69, 9.17) is 4.74 Å². The fraction of sp³-hybridized carbons (Fsp3) is 0.444. The van der Waals surface area contributed by atoms with E-state index in [0.29, 0.717) is 13.1 Å². The number of rotatable bonds is 6. The van der Waals surface area contributed by atoms with Gasteiger partial charge in [0.1, 0.15) is 0 Å². The number of aryl methyl sites for hydroxylation is 1. The van der Waals surface area contributed by atoms with Crippen LogP contribution in [-0.4, -0.2) is 54.0 Å². The van der Waals surface area contributed by atoms with Crippen molar-refractivity contribution >= 4 is 6.03 Å². The van der Waals surface area contributed by atoms with Gasteiger partial charge in [-0.25, -0.2) is 4.79 Å². The van der Waals surface area contributed by atoms with Crippen LogP contribution in [-0.2, 0) is 11.3 Å². The lowest BCUT2D eigenvalue weighted by Crippen LogP contribution is -2.45. The van der Waals surface area contributed by atoms with Crippen molar-refractivity contribution in [3.05, 3.63) is 53.3 Å². The highest BCUT2D eigenvalue weighted by molar-refractivity contribution is 5.73. The van der Waals surface area contributed by atoms with E-state index in [1.807, 2.05) is 6.07 Å². The van der Waals surface area contributed by atoms with Gasteiger partial charge in [-0.2, -0.15) is 5.10 Å². The molecule has 1 aliphatic rings. The van der Waals surface area contributed by atoms with Gasteiger partial charge in [-0.05, 0) is 18.6 Å². The Morgan fingerprint density at radius 3 is 2.88 bits per heavy atom. The van der Waals surface area contributed by atoms with Gasteiger partial charge >= 0.3 is 6.03 Å². The summed E-state index contributed by atoms with van der Waals surface area (Å²) in [5.74, 6) is 0. The van der Waals surface area contributed by atoms with Gasteiger partial charge in [-0.1, -0.05) is 29.8 Å². The van der Waals surface area contributed by atoms with E-state index >= 15 is 0 Å². The Hall–Kier alpha value is -2.38. The van der Waals surface area contributed by atoms with Crippen molar-refractivity contribution in [3.63, 3.8) is 0 Å². The second-order valence-corrected chi connectivity index (χ2v) is 6.22. The van der Waals surface area contributed by atoms with Gasteiger partial charge < -0.3 is 15.4 Å². The highest BCUT2D eigenvalue weighted by atomic mass is 16.5. The number of hydrogen-bond acceptors (Lipinski definition) is 4. The number of nitrogens with one attached hydrogen (secondary N) is 3. The molecule has 3 N–H and O–H groups in total. The molecule has 134 valence electrons. The maximum Gasteiger partial charge on any atom is 0.315 e. The predicted molar refractivity (Wildman–Crippen MR) is 95.1 cm³/mol. The van der Waals surface area contributed by atoms with E-state index < -0.39 is 0 Å². The summed E-state index contributed by atoms with van der Waals surface area (Å²) in [7, 11) is 0. The first-order chi connectivity index (χ1) is 12.2. The summed E-state index contributed by atoms with van der Waals surface area (Å²) in [6.07, 6.45) is 1.67. The van der Waals surface area contributed by atoms with Crippen LogP contribution in [0.4, 0.5) is 4.79 Å². The number of aromatic amines is 1. The molecule has 1 aliphatic heterocycles. The summed E-state index contributed by atoms with van der Waals surface area (Å²) in [5, 5.41) is 12.5. The summed E-state index contributed by atoms with van der Waals surface area (Å²) < 4.78 is 5.46. The van der Waals surface area contributed by atoms with Gasteiger partial charge in [0.15, 0.2) is 0 Å². The molecular weight excluding hydrogens is 318 g/mol. The summed E-state index contributed by atoms with van der Waals surface area (Å²) in [6, 6.07) is 10.3. The Balaban J connectivity index is 1.60. The van der Waals surface area contributed by atoms with Crippen molar-refractivity contribution in [1.29, 1.82) is 0 Å². The SMILES string of the molecule is Cc1cccc([C@@H](CNC(=O)NCc2ccn[nH]2)N2CCOCC2)c1. The molecule has 25 heavy (non-hydrogen) atoms. The number of aromatic nitrogens is 2. The Kier molecular flexibility index (Phi) is 6.03. The lowest BCUT2D eigenvalue weighted by atomic mass is 10.0. The first-order valence-corrected chi connectivity index (χ1v) is 8.60. The standard InChI is InChI=1S/C18H25N5O2/c1-14-3-2-4-15(11-14)17(23-7-9-25-10-8-23)13-20-18(24)19-12-16-5-6-21-22-16/h2-6,11,17H,7-10,12-13H2,1H3,(H,21,22)(H2,19,20,24)/t17-/m1/s1. The lowest BCUT2D eigenvalue weighted by Gasteiger charge is -2.35. The third-order valence-corrected chi connectivity index (χ3v) is 4.37. The van der Waals surface area contributed by atoms with Gasteiger partial charge in [0.2, 0.25) is 0 Å². The Labute approximate surface area is 147 Å². The van der Waals surface area contributed by atoms with Crippen LogP contribution in [0.2, 0.25) is 0 Å². The Bertz CT molecular complexity index is 668. The van der Waals surface area contributed by atoms with Crippen LogP contribution in [0.25, 0.3) is 0 Å². The third kappa shape index (κ3) is 5.04. The molecule has 1 fully saturated rings. The molecule has 0 saturated carbocycles. The van der Waals surface area contributed by atoms with Crippen LogP contribution in [0, 0.1) is 6.92 Å². The maximum absolute atomic E-state index is 12.1. The van der Waals surface area contributed by atoms with Crippen molar-refractivity contribution in [3.8, 4) is 0 Å². The second-order valence-electron chi connectivity index (χ2n) is 6.22. The molecule has 0 bridgehead atoms. The largest absolute Gasteiger partial charge is 0.379 e. The molecule has 7 heteroatoms. The highest BCUT2D eigenvalue weighted by Crippen LogP contribution is 2.22. The second kappa shape index (κ2) is 8.64. The van der Waals surface area contributed by atoms with Gasteiger partial charge in [-0.3, -0.25) is 10.00 Å². The highest BCUT2D eigenvalue weighted by Gasteiger charge is 2.23. The third-order valence-electron chi connectivity index (χ3n) is 4.37. The Morgan fingerprint density at radius 2 is 2.16 bits per heavy atom. The average Bonchev–Trinajstić information content (AvgIpc) is 3.15. The fourth-order valence-electron chi connectivity index (χ4n) is 3.03. The van der Waals surface area contributed by atoms with Crippen molar-refractivity contribution in [2.75, 3.05) is 32.8 Å². The Morgan fingerprint density at radius 1 is 1.32 bits per heavy atom. The molecule has 0 radical (unpaired) electrons. The van der Waals surface area contributed by atoms with E-state index in [1.165, 1.54) is 11.1 Å². The zero-order valence-corrected chi connectivity index (χ0v) is 14.5. The van der Waals surface area contributed by atoms with Crippen molar-refractivity contribution in [2.45, 2.75) is 19.5 Å². The minimum Gasteiger partial charge on any atom is -0.379 e. The smallest absolute Gasteiger partial charge is 0.315 e. The van der Waals surface area contributed by atoms with E-state index in [9.17, 15) is 4.79 Å². The van der Waals surface area contributed by atoms with Crippen molar-refractivity contribution in [1.82, 2.24) is 25.7 Å². The molecule has 0 spiro atoms. The number of benzene rings is 1. The number of urea groups is 1. The van der Waals surface area contributed by atoms with Crippen molar-refractivity contribution < 1.29 is 9.53 Å². The molecule has 2 amide bonds. The number of amides is 2. The van der Waals surface area contributed by atoms with Gasteiger partial charge in [0.05, 0.1) is 31.5 Å². The summed E-state index contributed by atoms with van der Waals surface area (Å²) in [6.45, 7) is 6.27. The lowest BCUT2D eigenvalue weighted by molar-refractivity contribution is 0.0167. The van der Waals surface area contributed by atoms with Gasteiger partial charge in [0, 0.05) is 25.8 Å². The molecule has 3 rings (SSSR count). The molecule has 0 aliphatic carbocycles. The molecule has 2 heterocycles. The quantitative estimate of drug-likeness (QED) is 0.744. The molecule has 7 nitrogen and oxygen atoms in total. The van der Waals surface area contributed by atoms with Crippen LogP contribution in [0.15, 0.2) is 36.5 Å². The van der Waals surface area contributed by atoms with Crippen LogP contribution >= 0.6 is 0 Å². The van der Waals surface area contributed by atoms with E-state index in [2.05, 4.69) is 56.9 Å². The fourth-order valence-corrected chi connectivity index (χ4v) is 3.03. The molecule has 1 atom stereocenters. The van der Waals surface area contributed by atoms with Crippen LogP contribution in [0.3, 0.4) is 0 Å². The van der Waals surface area contributed by atoms with Crippen LogP contribution in [0.1, 0.15) is 22.9 Å². The first-order valence-electron chi connectivity index (χ1n) is 8.60. The first kappa shape index (κ1) is 17.4. The maximum atomic E-state index is 12.1. The summed E-state index contributed by atoms with van der Waals surface area (Å²) in [4.78, 5) is 14.5. The number of carbonyl (C=O) groups is 1. The number of ether oxygens (including phenoxy) is 1. The van der Waals surface area contributed by atoms with E-state index in [-0.39, 0.29) is 12.1 Å². The van der Waals surface area contributed by atoms with E-state index in [1.54, 1.807) is 6.20 Å². The molecule has 2 aromatic rings. The minimum absolute atomic E-state index is 0.140. The van der Waals surface area contributed by atoms with Gasteiger partial charge in [-0.15, -0.1) is 0 Å². The zero-order chi connectivity index (χ0) is 17.5. The van der Waals surface area contributed by atoms with Crippen LogP contribution < -0.4 is 10.6 Å². The normalized spacial score (nSPS) is 16.4. The predicted octanol–water partition coefficient (Wildman–Crippen LogP) is 1.59. The molecule has 1 aromatic heterocycles. The monoisotopic (exact) mass is 343 g/mol. The van der Waals surface area contributed by atoms with Crippen molar-refractivity contribution in [2.24, 2.45) is 0 Å². The zero-order valence-electron chi connectivity index (χ0n) is 14.5.